The molecule has 16 heavy (non-hydrogen) atoms. The summed E-state index contributed by atoms with van der Waals surface area (Å²) in [5.41, 5.74) is -0.737. The van der Waals surface area contributed by atoms with Gasteiger partial charge < -0.3 is 4.74 Å². The largest absolute Gasteiger partial charge is 0.468 e. The van der Waals surface area contributed by atoms with Crippen LogP contribution in [0.3, 0.4) is 0 Å². The fourth-order valence-corrected chi connectivity index (χ4v) is 2.05. The topological polar surface area (TPSA) is 43.4 Å². The number of methoxy groups -OCH3 is 1. The number of Topliss-reactive ketones (excluding diaryl/α,β-unsaturated/α-hetero) is 1. The Kier molecular flexibility index (Phi) is 4.97. The van der Waals surface area contributed by atoms with Gasteiger partial charge in [0.25, 0.3) is 0 Å². The number of esters is 1. The van der Waals surface area contributed by atoms with Gasteiger partial charge in [0.2, 0.25) is 0 Å². The standard InChI is InChI=1S/C13H22O3/c1-3-4-5-6-7-8-11(14)13(9-10-13)12(15)16-2/h3-10H2,1-2H3. The van der Waals surface area contributed by atoms with Crippen LogP contribution in [-0.2, 0) is 14.3 Å². The molecule has 0 heterocycles. The average Bonchev–Trinajstić information content (AvgIpc) is 3.08. The summed E-state index contributed by atoms with van der Waals surface area (Å²) in [6.45, 7) is 2.17. The predicted molar refractivity (Wildman–Crippen MR) is 62.1 cm³/mol. The van der Waals surface area contributed by atoms with Gasteiger partial charge in [-0.3, -0.25) is 9.59 Å². The number of ether oxygens (including phenoxy) is 1. The highest BCUT2D eigenvalue weighted by atomic mass is 16.5. The van der Waals surface area contributed by atoms with Crippen molar-refractivity contribution in [3.8, 4) is 0 Å². The molecule has 3 nitrogen and oxygen atoms in total. The first-order valence-corrected chi connectivity index (χ1v) is 6.29. The summed E-state index contributed by atoms with van der Waals surface area (Å²) in [4.78, 5) is 23.3. The van der Waals surface area contributed by atoms with Crippen LogP contribution in [0.4, 0.5) is 0 Å². The van der Waals surface area contributed by atoms with Crippen molar-refractivity contribution in [1.82, 2.24) is 0 Å². The van der Waals surface area contributed by atoms with Crippen molar-refractivity contribution in [2.75, 3.05) is 7.11 Å². The number of unbranched alkanes of at least 4 members (excludes halogenated alkanes) is 4. The van der Waals surface area contributed by atoms with Crippen LogP contribution < -0.4 is 0 Å². The van der Waals surface area contributed by atoms with Crippen LogP contribution in [0.15, 0.2) is 0 Å². The molecular formula is C13H22O3. The minimum Gasteiger partial charge on any atom is -0.468 e. The maximum atomic E-state index is 11.9. The van der Waals surface area contributed by atoms with Gasteiger partial charge in [0, 0.05) is 6.42 Å². The molecule has 0 aromatic rings. The summed E-state index contributed by atoms with van der Waals surface area (Å²) < 4.78 is 4.68. The van der Waals surface area contributed by atoms with Gasteiger partial charge in [-0.25, -0.2) is 0 Å². The maximum Gasteiger partial charge on any atom is 0.319 e. The van der Waals surface area contributed by atoms with Crippen LogP contribution >= 0.6 is 0 Å². The van der Waals surface area contributed by atoms with E-state index in [0.717, 1.165) is 12.8 Å². The Bertz CT molecular complexity index is 254. The zero-order chi connectivity index (χ0) is 12.0. The minimum absolute atomic E-state index is 0.0934. The van der Waals surface area contributed by atoms with Crippen molar-refractivity contribution >= 4 is 11.8 Å². The fraction of sp³-hybridized carbons (Fsp3) is 0.846. The molecule has 0 radical (unpaired) electrons. The molecule has 0 aromatic heterocycles. The molecule has 0 saturated heterocycles. The second-order valence-electron chi connectivity index (χ2n) is 4.66. The molecule has 0 atom stereocenters. The van der Waals surface area contributed by atoms with Gasteiger partial charge in [-0.1, -0.05) is 32.6 Å². The number of carbonyl (C=O) groups is 2. The van der Waals surface area contributed by atoms with E-state index in [9.17, 15) is 9.59 Å². The number of hydrogen-bond donors (Lipinski definition) is 0. The lowest BCUT2D eigenvalue weighted by molar-refractivity contribution is -0.151. The van der Waals surface area contributed by atoms with Gasteiger partial charge in [-0.05, 0) is 19.3 Å². The van der Waals surface area contributed by atoms with Crippen LogP contribution in [-0.4, -0.2) is 18.9 Å². The van der Waals surface area contributed by atoms with E-state index in [0.29, 0.717) is 19.3 Å². The summed E-state index contributed by atoms with van der Waals surface area (Å²) >= 11 is 0. The van der Waals surface area contributed by atoms with Crippen molar-refractivity contribution in [2.24, 2.45) is 5.41 Å². The summed E-state index contributed by atoms with van der Waals surface area (Å²) in [7, 11) is 1.36. The molecule has 0 aliphatic heterocycles. The van der Waals surface area contributed by atoms with Crippen molar-refractivity contribution in [3.63, 3.8) is 0 Å². The number of carbonyl (C=O) groups excluding carboxylic acids is 2. The molecule has 0 aromatic carbocycles. The van der Waals surface area contributed by atoms with E-state index >= 15 is 0 Å². The SMILES string of the molecule is CCCCCCCC(=O)C1(C(=O)OC)CC1. The molecule has 1 rings (SSSR count). The Labute approximate surface area is 97.5 Å². The predicted octanol–water partition coefficient (Wildman–Crippen LogP) is 2.87. The minimum atomic E-state index is -0.737. The molecule has 92 valence electrons. The molecule has 0 N–H and O–H groups in total. The Morgan fingerprint density at radius 1 is 1.12 bits per heavy atom. The third-order valence-corrected chi connectivity index (χ3v) is 3.37. The van der Waals surface area contributed by atoms with Crippen molar-refractivity contribution in [3.05, 3.63) is 0 Å². The van der Waals surface area contributed by atoms with E-state index in [4.69, 9.17) is 0 Å². The van der Waals surface area contributed by atoms with Gasteiger partial charge in [0.15, 0.2) is 0 Å². The molecule has 1 aliphatic carbocycles. The summed E-state index contributed by atoms with van der Waals surface area (Å²) in [6, 6.07) is 0. The van der Waals surface area contributed by atoms with E-state index in [1.165, 1.54) is 26.4 Å². The van der Waals surface area contributed by atoms with Gasteiger partial charge in [0.1, 0.15) is 11.2 Å². The molecule has 0 bridgehead atoms. The van der Waals surface area contributed by atoms with Crippen molar-refractivity contribution < 1.29 is 14.3 Å². The summed E-state index contributed by atoms with van der Waals surface area (Å²) in [5.74, 6) is -0.234. The molecule has 1 aliphatic rings. The van der Waals surface area contributed by atoms with Crippen LogP contribution in [0.5, 0.6) is 0 Å². The van der Waals surface area contributed by atoms with E-state index in [1.807, 2.05) is 0 Å². The highest BCUT2D eigenvalue weighted by Gasteiger charge is 2.56. The molecule has 0 spiro atoms. The molecular weight excluding hydrogens is 204 g/mol. The van der Waals surface area contributed by atoms with Crippen molar-refractivity contribution in [1.29, 1.82) is 0 Å². The lowest BCUT2D eigenvalue weighted by Gasteiger charge is -2.10. The maximum absolute atomic E-state index is 11.9. The second kappa shape index (κ2) is 6.02. The lowest BCUT2D eigenvalue weighted by Crippen LogP contribution is -2.26. The molecule has 1 saturated carbocycles. The normalized spacial score (nSPS) is 16.9. The Hall–Kier alpha value is -0.860. The van der Waals surface area contributed by atoms with Crippen LogP contribution in [0.1, 0.15) is 58.3 Å². The Morgan fingerprint density at radius 3 is 2.25 bits per heavy atom. The first-order valence-electron chi connectivity index (χ1n) is 6.29. The van der Waals surface area contributed by atoms with E-state index < -0.39 is 5.41 Å². The van der Waals surface area contributed by atoms with E-state index in [2.05, 4.69) is 11.7 Å². The molecule has 0 unspecified atom stereocenters. The van der Waals surface area contributed by atoms with Gasteiger partial charge in [-0.2, -0.15) is 0 Å². The Morgan fingerprint density at radius 2 is 1.75 bits per heavy atom. The molecule has 3 heteroatoms. The lowest BCUT2D eigenvalue weighted by atomic mass is 9.96. The number of hydrogen-bond acceptors (Lipinski definition) is 3. The second-order valence-corrected chi connectivity index (χ2v) is 4.66. The van der Waals surface area contributed by atoms with Gasteiger partial charge in [-0.15, -0.1) is 0 Å². The highest BCUT2D eigenvalue weighted by Crippen LogP contribution is 2.48. The van der Waals surface area contributed by atoms with Crippen LogP contribution in [0, 0.1) is 5.41 Å². The highest BCUT2D eigenvalue weighted by molar-refractivity contribution is 6.06. The third kappa shape index (κ3) is 3.06. The fourth-order valence-electron chi connectivity index (χ4n) is 2.05. The van der Waals surface area contributed by atoms with Crippen LogP contribution in [0.2, 0.25) is 0 Å². The summed E-state index contributed by atoms with van der Waals surface area (Å²) in [6.07, 6.45) is 7.56. The zero-order valence-corrected chi connectivity index (χ0v) is 10.4. The van der Waals surface area contributed by atoms with Gasteiger partial charge in [0.05, 0.1) is 7.11 Å². The Balaban J connectivity index is 2.22. The third-order valence-electron chi connectivity index (χ3n) is 3.37. The monoisotopic (exact) mass is 226 g/mol. The first kappa shape index (κ1) is 13.2. The zero-order valence-electron chi connectivity index (χ0n) is 10.4. The van der Waals surface area contributed by atoms with Gasteiger partial charge >= 0.3 is 5.97 Å². The quantitative estimate of drug-likeness (QED) is 0.363. The van der Waals surface area contributed by atoms with Crippen LogP contribution in [0.25, 0.3) is 0 Å². The number of ketones is 1. The molecule has 1 fully saturated rings. The average molecular weight is 226 g/mol. The molecule has 0 amide bonds. The van der Waals surface area contributed by atoms with E-state index in [1.54, 1.807) is 0 Å². The number of rotatable bonds is 8. The summed E-state index contributed by atoms with van der Waals surface area (Å²) in [5, 5.41) is 0. The van der Waals surface area contributed by atoms with E-state index in [-0.39, 0.29) is 11.8 Å². The smallest absolute Gasteiger partial charge is 0.319 e. The first-order chi connectivity index (χ1) is 7.67. The van der Waals surface area contributed by atoms with Crippen molar-refractivity contribution in [2.45, 2.75) is 58.3 Å².